The van der Waals surface area contributed by atoms with E-state index in [1.807, 2.05) is 18.2 Å². The van der Waals surface area contributed by atoms with Crippen molar-refractivity contribution in [3.8, 4) is 0 Å². The van der Waals surface area contributed by atoms with Gasteiger partial charge in [0.25, 0.3) is 0 Å². The second-order valence-corrected chi connectivity index (χ2v) is 5.69. The highest BCUT2D eigenvalue weighted by Crippen LogP contribution is 2.22. The van der Waals surface area contributed by atoms with Crippen LogP contribution in [0.3, 0.4) is 0 Å². The summed E-state index contributed by atoms with van der Waals surface area (Å²) in [6, 6.07) is 14.6. The van der Waals surface area contributed by atoms with Crippen molar-refractivity contribution in [3.63, 3.8) is 0 Å². The molecule has 1 aliphatic rings. The molecule has 0 saturated carbocycles. The van der Waals surface area contributed by atoms with Crippen LogP contribution in [0.25, 0.3) is 5.70 Å². The van der Waals surface area contributed by atoms with Gasteiger partial charge in [0.2, 0.25) is 0 Å². The highest BCUT2D eigenvalue weighted by Gasteiger charge is 2.22. The third-order valence-corrected chi connectivity index (χ3v) is 4.21. The SMILES string of the molecule is S=CC1NC(c2ccccc2)=CN1Cc1cccs1. The zero-order valence-corrected chi connectivity index (χ0v) is 12.0. The van der Waals surface area contributed by atoms with Crippen LogP contribution in [0.15, 0.2) is 54.0 Å². The number of hydrogen-bond donors (Lipinski definition) is 1. The minimum atomic E-state index is 0.0901. The zero-order chi connectivity index (χ0) is 13.1. The number of hydrogen-bond acceptors (Lipinski definition) is 4. The van der Waals surface area contributed by atoms with Gasteiger partial charge in [-0.1, -0.05) is 48.6 Å². The topological polar surface area (TPSA) is 15.3 Å². The first-order valence-corrected chi connectivity index (χ1v) is 7.49. The first kappa shape index (κ1) is 12.4. The molecule has 3 rings (SSSR count). The third-order valence-electron chi connectivity index (χ3n) is 3.09. The van der Waals surface area contributed by atoms with Gasteiger partial charge in [0.15, 0.2) is 0 Å². The number of benzene rings is 1. The first-order valence-electron chi connectivity index (χ1n) is 6.14. The predicted octanol–water partition coefficient (Wildman–Crippen LogP) is 3.48. The van der Waals surface area contributed by atoms with Gasteiger partial charge in [-0.25, -0.2) is 0 Å². The third kappa shape index (κ3) is 2.69. The summed E-state index contributed by atoms with van der Waals surface area (Å²) in [6.07, 6.45) is 2.25. The van der Waals surface area contributed by atoms with Crippen LogP contribution in [-0.2, 0) is 6.54 Å². The average Bonchev–Trinajstić information content (AvgIpc) is 3.10. The van der Waals surface area contributed by atoms with Crippen LogP contribution in [0.5, 0.6) is 0 Å². The molecule has 0 fully saturated rings. The molecule has 96 valence electrons. The van der Waals surface area contributed by atoms with Crippen molar-refractivity contribution in [1.29, 1.82) is 0 Å². The highest BCUT2D eigenvalue weighted by atomic mass is 32.1. The molecule has 0 saturated heterocycles. The molecule has 0 radical (unpaired) electrons. The molecular weight excluding hydrogens is 272 g/mol. The van der Waals surface area contributed by atoms with Gasteiger partial charge in [0, 0.05) is 16.4 Å². The molecule has 0 bridgehead atoms. The Labute approximate surface area is 122 Å². The zero-order valence-electron chi connectivity index (χ0n) is 10.3. The Morgan fingerprint density at radius 1 is 1.21 bits per heavy atom. The van der Waals surface area contributed by atoms with Gasteiger partial charge in [0.05, 0.1) is 12.2 Å². The molecule has 0 aliphatic carbocycles. The van der Waals surface area contributed by atoms with Crippen LogP contribution < -0.4 is 5.32 Å². The van der Waals surface area contributed by atoms with E-state index in [-0.39, 0.29) is 6.17 Å². The molecule has 2 aromatic rings. The summed E-state index contributed by atoms with van der Waals surface area (Å²) in [5.41, 5.74) is 2.32. The molecule has 0 spiro atoms. The van der Waals surface area contributed by atoms with E-state index >= 15 is 0 Å². The van der Waals surface area contributed by atoms with Gasteiger partial charge in [0.1, 0.15) is 6.17 Å². The molecule has 2 heterocycles. The number of nitrogens with one attached hydrogen (secondary N) is 1. The molecule has 1 unspecified atom stereocenters. The largest absolute Gasteiger partial charge is 0.360 e. The van der Waals surface area contributed by atoms with Crippen LogP contribution in [0, 0.1) is 0 Å². The predicted molar refractivity (Wildman–Crippen MR) is 84.9 cm³/mol. The molecule has 4 heteroatoms. The van der Waals surface area contributed by atoms with Crippen LogP contribution in [0.1, 0.15) is 10.4 Å². The molecule has 0 amide bonds. The lowest BCUT2D eigenvalue weighted by Gasteiger charge is -2.21. The van der Waals surface area contributed by atoms with Gasteiger partial charge in [-0.2, -0.15) is 0 Å². The highest BCUT2D eigenvalue weighted by molar-refractivity contribution is 7.79. The number of rotatable bonds is 4. The summed E-state index contributed by atoms with van der Waals surface area (Å²) in [5, 5.41) is 7.33. The maximum absolute atomic E-state index is 5.13. The number of thiophene rings is 1. The van der Waals surface area contributed by atoms with E-state index in [1.165, 1.54) is 10.4 Å². The quantitative estimate of drug-likeness (QED) is 0.866. The van der Waals surface area contributed by atoms with E-state index in [0.717, 1.165) is 12.2 Å². The molecule has 1 aromatic carbocycles. The fourth-order valence-electron chi connectivity index (χ4n) is 2.14. The molecule has 2 nitrogen and oxygen atoms in total. The van der Waals surface area contributed by atoms with Crippen molar-refractivity contribution in [2.24, 2.45) is 0 Å². The minimum absolute atomic E-state index is 0.0901. The Balaban J connectivity index is 1.82. The van der Waals surface area contributed by atoms with E-state index < -0.39 is 0 Å². The molecule has 1 atom stereocenters. The average molecular weight is 286 g/mol. The maximum Gasteiger partial charge on any atom is 0.129 e. The first-order chi connectivity index (χ1) is 9.36. The fourth-order valence-corrected chi connectivity index (χ4v) is 3.08. The Bertz CT molecular complexity index is 575. The number of thiocarbonyl (C=S) groups is 1. The Morgan fingerprint density at radius 3 is 2.74 bits per heavy atom. The molecule has 1 aromatic heterocycles. The summed E-state index contributed by atoms with van der Waals surface area (Å²) in [7, 11) is 0. The van der Waals surface area contributed by atoms with Crippen molar-refractivity contribution in [1.82, 2.24) is 10.2 Å². The normalized spacial score (nSPS) is 18.0. The van der Waals surface area contributed by atoms with Crippen molar-refractivity contribution in [3.05, 3.63) is 64.5 Å². The van der Waals surface area contributed by atoms with Gasteiger partial charge in [-0.05, 0) is 17.0 Å². The molecule has 1 aliphatic heterocycles. The van der Waals surface area contributed by atoms with Crippen LogP contribution in [0.2, 0.25) is 0 Å². The summed E-state index contributed by atoms with van der Waals surface area (Å²) < 4.78 is 0. The molecular formula is C15H14N2S2. The standard InChI is InChI=1S/C15H14N2S2/c18-11-15-16-14(12-5-2-1-3-6-12)10-17(15)9-13-7-4-8-19-13/h1-8,10-11,15-16H,9H2. The smallest absolute Gasteiger partial charge is 0.129 e. The molecule has 19 heavy (non-hydrogen) atoms. The Kier molecular flexibility index (Phi) is 3.62. The van der Waals surface area contributed by atoms with Crippen molar-refractivity contribution in [2.75, 3.05) is 0 Å². The lowest BCUT2D eigenvalue weighted by atomic mass is 10.2. The number of nitrogens with zero attached hydrogens (tertiary/aromatic N) is 1. The van der Waals surface area contributed by atoms with E-state index in [4.69, 9.17) is 12.2 Å². The van der Waals surface area contributed by atoms with Gasteiger partial charge in [-0.15, -0.1) is 11.3 Å². The Hall–Kier alpha value is -1.65. The fraction of sp³-hybridized carbons (Fsp3) is 0.133. The minimum Gasteiger partial charge on any atom is -0.360 e. The summed E-state index contributed by atoms with van der Waals surface area (Å²) >= 11 is 6.90. The van der Waals surface area contributed by atoms with Crippen molar-refractivity contribution in [2.45, 2.75) is 12.7 Å². The van der Waals surface area contributed by atoms with E-state index in [1.54, 1.807) is 16.7 Å². The van der Waals surface area contributed by atoms with Gasteiger partial charge in [-0.3, -0.25) is 0 Å². The second-order valence-electron chi connectivity index (χ2n) is 4.39. The lowest BCUT2D eigenvalue weighted by molar-refractivity contribution is 0.345. The van der Waals surface area contributed by atoms with Gasteiger partial charge >= 0.3 is 0 Å². The van der Waals surface area contributed by atoms with Crippen LogP contribution in [0.4, 0.5) is 0 Å². The van der Waals surface area contributed by atoms with Crippen molar-refractivity contribution < 1.29 is 0 Å². The van der Waals surface area contributed by atoms with Crippen molar-refractivity contribution >= 4 is 34.6 Å². The summed E-state index contributed by atoms with van der Waals surface area (Å²) in [5.74, 6) is 0. The maximum atomic E-state index is 5.13. The van der Waals surface area contributed by atoms with E-state index in [2.05, 4.69) is 46.1 Å². The van der Waals surface area contributed by atoms with E-state index in [9.17, 15) is 0 Å². The lowest BCUT2D eigenvalue weighted by Crippen LogP contribution is -2.36. The van der Waals surface area contributed by atoms with E-state index in [0.29, 0.717) is 0 Å². The monoisotopic (exact) mass is 286 g/mol. The second kappa shape index (κ2) is 5.55. The van der Waals surface area contributed by atoms with Crippen LogP contribution >= 0.6 is 23.6 Å². The van der Waals surface area contributed by atoms with Crippen LogP contribution in [-0.4, -0.2) is 16.4 Å². The molecule has 1 N–H and O–H groups in total. The summed E-state index contributed by atoms with van der Waals surface area (Å²) in [4.78, 5) is 3.58. The Morgan fingerprint density at radius 2 is 2.05 bits per heavy atom. The summed E-state index contributed by atoms with van der Waals surface area (Å²) in [6.45, 7) is 0.888. The van der Waals surface area contributed by atoms with Gasteiger partial charge < -0.3 is 10.2 Å².